The van der Waals surface area contributed by atoms with Crippen molar-refractivity contribution in [3.8, 4) is 5.75 Å². The van der Waals surface area contributed by atoms with Crippen LogP contribution in [0.4, 0.5) is 5.82 Å². The molecule has 5 heteroatoms. The van der Waals surface area contributed by atoms with Gasteiger partial charge >= 0.3 is 0 Å². The first-order valence-corrected chi connectivity index (χ1v) is 6.13. The molecule has 2 aromatic heterocycles. The van der Waals surface area contributed by atoms with Crippen LogP contribution in [-0.2, 0) is 6.42 Å². The van der Waals surface area contributed by atoms with Crippen molar-refractivity contribution in [2.75, 3.05) is 11.9 Å². The smallest absolute Gasteiger partial charge is 0.152 e. The molecule has 5 nitrogen and oxygen atoms in total. The van der Waals surface area contributed by atoms with E-state index in [0.29, 0.717) is 5.75 Å². The van der Waals surface area contributed by atoms with Gasteiger partial charge in [-0.3, -0.25) is 0 Å². The Morgan fingerprint density at radius 3 is 2.79 bits per heavy atom. The Labute approximate surface area is 110 Å². The lowest BCUT2D eigenvalue weighted by Gasteiger charge is -2.07. The van der Waals surface area contributed by atoms with Crippen molar-refractivity contribution >= 4 is 11.3 Å². The Bertz CT molecular complexity index is 675. The molecule has 0 aliphatic heterocycles. The number of aromatic nitrogens is 3. The largest absolute Gasteiger partial charge is 0.508 e. The van der Waals surface area contributed by atoms with Crippen molar-refractivity contribution in [2.45, 2.75) is 6.42 Å². The monoisotopic (exact) mass is 254 g/mol. The van der Waals surface area contributed by atoms with Crippen LogP contribution in [0, 0.1) is 0 Å². The second kappa shape index (κ2) is 4.97. The predicted molar refractivity (Wildman–Crippen MR) is 73.3 cm³/mol. The number of aromatic hydroxyl groups is 1. The molecule has 0 unspecified atom stereocenters. The van der Waals surface area contributed by atoms with Gasteiger partial charge < -0.3 is 10.4 Å². The first-order valence-electron chi connectivity index (χ1n) is 6.13. The minimum absolute atomic E-state index is 0.294. The van der Waals surface area contributed by atoms with E-state index in [0.717, 1.165) is 24.3 Å². The third-order valence-electron chi connectivity index (χ3n) is 2.97. The zero-order valence-corrected chi connectivity index (χ0v) is 10.3. The number of hydrogen-bond donors (Lipinski definition) is 2. The van der Waals surface area contributed by atoms with E-state index >= 15 is 0 Å². The second-order valence-corrected chi connectivity index (χ2v) is 4.28. The summed E-state index contributed by atoms with van der Waals surface area (Å²) in [5.74, 6) is 1.13. The zero-order chi connectivity index (χ0) is 13.1. The quantitative estimate of drug-likeness (QED) is 0.748. The molecule has 0 aliphatic carbocycles. The van der Waals surface area contributed by atoms with Gasteiger partial charge in [-0.15, -0.1) is 0 Å². The Morgan fingerprint density at radius 2 is 1.95 bits per heavy atom. The molecule has 0 aliphatic rings. The summed E-state index contributed by atoms with van der Waals surface area (Å²) >= 11 is 0. The van der Waals surface area contributed by atoms with Gasteiger partial charge in [-0.25, -0.2) is 9.50 Å². The molecule has 1 aromatic carbocycles. The number of nitrogens with one attached hydrogen (secondary N) is 1. The molecule has 0 atom stereocenters. The lowest BCUT2D eigenvalue weighted by Crippen LogP contribution is -2.07. The molecule has 19 heavy (non-hydrogen) atoms. The highest BCUT2D eigenvalue weighted by molar-refractivity contribution is 5.66. The third kappa shape index (κ3) is 2.49. The highest BCUT2D eigenvalue weighted by Crippen LogP contribution is 2.13. The molecule has 0 radical (unpaired) electrons. The SMILES string of the molecule is Oc1ccc(CCNc2nccn3nccc23)cc1. The van der Waals surface area contributed by atoms with E-state index in [1.54, 1.807) is 29.0 Å². The molecule has 2 heterocycles. The van der Waals surface area contributed by atoms with Crippen LogP contribution in [0.15, 0.2) is 48.9 Å². The van der Waals surface area contributed by atoms with E-state index < -0.39 is 0 Å². The lowest BCUT2D eigenvalue weighted by molar-refractivity contribution is 0.475. The fourth-order valence-corrected chi connectivity index (χ4v) is 1.98. The highest BCUT2D eigenvalue weighted by atomic mass is 16.3. The Kier molecular flexibility index (Phi) is 3.02. The van der Waals surface area contributed by atoms with Gasteiger partial charge in [-0.2, -0.15) is 5.10 Å². The average Bonchev–Trinajstić information content (AvgIpc) is 2.90. The van der Waals surface area contributed by atoms with Crippen LogP contribution in [0.2, 0.25) is 0 Å². The van der Waals surface area contributed by atoms with E-state index in [1.165, 1.54) is 5.56 Å². The van der Waals surface area contributed by atoms with E-state index in [9.17, 15) is 5.11 Å². The number of benzene rings is 1. The molecule has 0 saturated carbocycles. The predicted octanol–water partition coefficient (Wildman–Crippen LogP) is 2.09. The standard InChI is InChI=1S/C14H14N4O/c19-12-3-1-11(2-4-12)5-7-15-14-13-6-8-17-18(13)10-9-16-14/h1-4,6,8-10,19H,5,7H2,(H,15,16). The summed E-state index contributed by atoms with van der Waals surface area (Å²) < 4.78 is 1.79. The number of hydrogen-bond acceptors (Lipinski definition) is 4. The van der Waals surface area contributed by atoms with Crippen molar-refractivity contribution in [3.63, 3.8) is 0 Å². The van der Waals surface area contributed by atoms with Crippen LogP contribution in [-0.4, -0.2) is 26.2 Å². The van der Waals surface area contributed by atoms with Gasteiger partial charge in [0.2, 0.25) is 0 Å². The maximum Gasteiger partial charge on any atom is 0.152 e. The minimum atomic E-state index is 0.294. The fraction of sp³-hybridized carbons (Fsp3) is 0.143. The van der Waals surface area contributed by atoms with Crippen molar-refractivity contribution in [1.29, 1.82) is 0 Å². The van der Waals surface area contributed by atoms with Gasteiger partial charge in [0, 0.05) is 18.9 Å². The van der Waals surface area contributed by atoms with Gasteiger partial charge in [0.1, 0.15) is 11.3 Å². The van der Waals surface area contributed by atoms with Crippen LogP contribution < -0.4 is 5.32 Å². The summed E-state index contributed by atoms with van der Waals surface area (Å²) in [7, 11) is 0. The number of phenols is 1. The maximum absolute atomic E-state index is 9.22. The number of rotatable bonds is 4. The molecule has 96 valence electrons. The van der Waals surface area contributed by atoms with Gasteiger partial charge in [0.05, 0.1) is 6.20 Å². The Hall–Kier alpha value is -2.56. The maximum atomic E-state index is 9.22. The number of phenolic OH excluding ortho intramolecular Hbond substituents is 1. The van der Waals surface area contributed by atoms with Crippen LogP contribution >= 0.6 is 0 Å². The van der Waals surface area contributed by atoms with E-state index in [2.05, 4.69) is 15.4 Å². The summed E-state index contributed by atoms with van der Waals surface area (Å²) in [4.78, 5) is 4.31. The molecule has 0 bridgehead atoms. The molecular formula is C14H14N4O. The summed E-state index contributed by atoms with van der Waals surface area (Å²) in [5, 5.41) is 16.7. The van der Waals surface area contributed by atoms with E-state index in [1.807, 2.05) is 24.4 Å². The highest BCUT2D eigenvalue weighted by Gasteiger charge is 2.02. The Balaban J connectivity index is 1.66. The fourth-order valence-electron chi connectivity index (χ4n) is 1.98. The molecule has 3 rings (SSSR count). The number of nitrogens with zero attached hydrogens (tertiary/aromatic N) is 3. The normalized spacial score (nSPS) is 10.7. The van der Waals surface area contributed by atoms with Crippen molar-refractivity contribution in [1.82, 2.24) is 14.6 Å². The molecule has 0 spiro atoms. The molecular weight excluding hydrogens is 240 g/mol. The average molecular weight is 254 g/mol. The molecule has 2 N–H and O–H groups in total. The third-order valence-corrected chi connectivity index (χ3v) is 2.97. The van der Waals surface area contributed by atoms with Gasteiger partial charge in [0.25, 0.3) is 0 Å². The topological polar surface area (TPSA) is 62.5 Å². The lowest BCUT2D eigenvalue weighted by atomic mass is 10.1. The van der Waals surface area contributed by atoms with Gasteiger partial charge in [0.15, 0.2) is 5.82 Å². The molecule has 0 amide bonds. The van der Waals surface area contributed by atoms with Gasteiger partial charge in [-0.1, -0.05) is 12.1 Å². The van der Waals surface area contributed by atoms with Crippen LogP contribution in [0.1, 0.15) is 5.56 Å². The van der Waals surface area contributed by atoms with E-state index in [4.69, 9.17) is 0 Å². The van der Waals surface area contributed by atoms with Gasteiger partial charge in [-0.05, 0) is 30.2 Å². The Morgan fingerprint density at radius 1 is 1.11 bits per heavy atom. The minimum Gasteiger partial charge on any atom is -0.508 e. The summed E-state index contributed by atoms with van der Waals surface area (Å²) in [6.45, 7) is 0.780. The number of anilines is 1. The van der Waals surface area contributed by atoms with Crippen LogP contribution in [0.3, 0.4) is 0 Å². The van der Waals surface area contributed by atoms with Crippen molar-refractivity contribution in [3.05, 3.63) is 54.5 Å². The summed E-state index contributed by atoms with van der Waals surface area (Å²) in [5.41, 5.74) is 2.14. The number of fused-ring (bicyclic) bond motifs is 1. The van der Waals surface area contributed by atoms with E-state index in [-0.39, 0.29) is 0 Å². The first-order chi connectivity index (χ1) is 9.33. The zero-order valence-electron chi connectivity index (χ0n) is 10.3. The van der Waals surface area contributed by atoms with Crippen LogP contribution in [0.5, 0.6) is 5.75 Å². The molecule has 0 saturated heterocycles. The molecule has 0 fully saturated rings. The summed E-state index contributed by atoms with van der Waals surface area (Å²) in [6, 6.07) is 9.17. The van der Waals surface area contributed by atoms with Crippen molar-refractivity contribution in [2.24, 2.45) is 0 Å². The second-order valence-electron chi connectivity index (χ2n) is 4.28. The first kappa shape index (κ1) is 11.5. The molecule has 3 aromatic rings. The van der Waals surface area contributed by atoms with Crippen molar-refractivity contribution < 1.29 is 5.11 Å². The van der Waals surface area contributed by atoms with Crippen LogP contribution in [0.25, 0.3) is 5.52 Å². The summed E-state index contributed by atoms with van der Waals surface area (Å²) in [6.07, 6.45) is 6.17.